The molecule has 0 saturated heterocycles. The van der Waals surface area contributed by atoms with Crippen molar-refractivity contribution in [2.45, 2.75) is 53.0 Å². The van der Waals surface area contributed by atoms with Crippen LogP contribution in [-0.4, -0.2) is 57.5 Å². The Labute approximate surface area is 128 Å². The van der Waals surface area contributed by atoms with E-state index in [1.54, 1.807) is 6.55 Å². The van der Waals surface area contributed by atoms with Gasteiger partial charge >= 0.3 is 8.80 Å². The van der Waals surface area contributed by atoms with Gasteiger partial charge in [0, 0.05) is 55.7 Å². The second-order valence-electron chi connectivity index (χ2n) is 3.66. The van der Waals surface area contributed by atoms with Gasteiger partial charge < -0.3 is 13.3 Å². The van der Waals surface area contributed by atoms with Gasteiger partial charge in [-0.15, -0.1) is 0 Å². The Morgan fingerprint density at radius 3 is 2.00 bits per heavy atom. The summed E-state index contributed by atoms with van der Waals surface area (Å²) in [4.78, 5) is 11.5. The molecule has 0 aromatic carbocycles. The molecule has 0 atom stereocenters. The van der Waals surface area contributed by atoms with Crippen LogP contribution in [0.15, 0.2) is 0 Å². The largest absolute Gasteiger partial charge is 0.564 e. The van der Waals surface area contributed by atoms with E-state index in [4.69, 9.17) is 13.3 Å². The van der Waals surface area contributed by atoms with E-state index in [2.05, 4.69) is 6.92 Å². The van der Waals surface area contributed by atoms with Gasteiger partial charge in [0.2, 0.25) is 0 Å². The maximum atomic E-state index is 11.5. The Bertz CT molecular complexity index is 196. The van der Waals surface area contributed by atoms with Gasteiger partial charge in [0.1, 0.15) is 0 Å². The number of hydrogen-bond donors (Lipinski definition) is 0. The van der Waals surface area contributed by atoms with Gasteiger partial charge in [-0.2, -0.15) is 0 Å². The second kappa shape index (κ2) is 11.7. The van der Waals surface area contributed by atoms with Gasteiger partial charge in [0.25, 0.3) is 5.97 Å². The van der Waals surface area contributed by atoms with Crippen molar-refractivity contribution in [3.05, 3.63) is 0 Å². The van der Waals surface area contributed by atoms with E-state index in [0.29, 0.717) is 19.6 Å². The Balaban J connectivity index is 0. The van der Waals surface area contributed by atoms with Crippen LogP contribution in [0, 0.1) is 0 Å². The molecule has 0 aromatic rings. The molecule has 0 heterocycles. The van der Waals surface area contributed by atoms with Crippen LogP contribution < -0.4 is 0 Å². The average molecular weight is 271 g/mol. The molecule has 0 saturated carbocycles. The first-order valence-corrected chi connectivity index (χ1v) is 8.30. The third-order valence-electron chi connectivity index (χ3n) is 2.10. The van der Waals surface area contributed by atoms with Crippen LogP contribution >= 0.6 is 0 Å². The van der Waals surface area contributed by atoms with E-state index in [9.17, 15) is 4.79 Å². The van der Waals surface area contributed by atoms with Crippen molar-refractivity contribution in [1.29, 1.82) is 0 Å². The molecule has 0 aromatic heterocycles. The smallest absolute Gasteiger partial charge is 0.473 e. The van der Waals surface area contributed by atoms with Crippen LogP contribution in [0.5, 0.6) is 0 Å². The first kappa shape index (κ1) is 19.9. The summed E-state index contributed by atoms with van der Waals surface area (Å²) in [6, 6.07) is 0. The van der Waals surface area contributed by atoms with Crippen LogP contribution in [0.4, 0.5) is 0 Å². The molecule has 1 radical (unpaired) electrons. The standard InChI is InChI=1S/C11H24O4Si.Na/c1-5-8-9-10-11(12)15-16(4,13-6-2)14-7-3;/h5-10H2,1-4H3;. The van der Waals surface area contributed by atoms with Crippen molar-refractivity contribution in [1.82, 2.24) is 0 Å². The third-order valence-corrected chi connectivity index (χ3v) is 4.32. The molecule has 0 spiro atoms. The number of hydrogen-bond acceptors (Lipinski definition) is 4. The molecule has 97 valence electrons. The quantitative estimate of drug-likeness (QED) is 0.477. The van der Waals surface area contributed by atoms with Gasteiger partial charge in [-0.3, -0.25) is 4.79 Å². The van der Waals surface area contributed by atoms with E-state index in [1.165, 1.54) is 0 Å². The molecule has 4 nitrogen and oxygen atoms in total. The minimum Gasteiger partial charge on any atom is -0.473 e. The van der Waals surface area contributed by atoms with Crippen LogP contribution in [0.25, 0.3) is 0 Å². The van der Waals surface area contributed by atoms with Crippen molar-refractivity contribution in [3.8, 4) is 0 Å². The minimum atomic E-state index is -2.72. The average Bonchev–Trinajstić information content (AvgIpc) is 2.18. The van der Waals surface area contributed by atoms with Crippen molar-refractivity contribution in [2.75, 3.05) is 13.2 Å². The van der Waals surface area contributed by atoms with E-state index < -0.39 is 8.80 Å². The Morgan fingerprint density at radius 1 is 1.06 bits per heavy atom. The van der Waals surface area contributed by atoms with E-state index in [0.717, 1.165) is 19.3 Å². The Morgan fingerprint density at radius 2 is 1.59 bits per heavy atom. The van der Waals surface area contributed by atoms with Crippen molar-refractivity contribution >= 4 is 44.3 Å². The van der Waals surface area contributed by atoms with Crippen molar-refractivity contribution < 1.29 is 18.1 Å². The fourth-order valence-corrected chi connectivity index (χ4v) is 3.17. The zero-order valence-electron chi connectivity index (χ0n) is 11.9. The molecule has 0 bridgehead atoms. The molecule has 0 aliphatic rings. The molecule has 0 N–H and O–H groups in total. The number of carbonyl (C=O) groups is 1. The maximum Gasteiger partial charge on any atom is 0.564 e. The Hall–Kier alpha value is 0.607. The van der Waals surface area contributed by atoms with Gasteiger partial charge in [0.05, 0.1) is 0 Å². The van der Waals surface area contributed by atoms with E-state index in [-0.39, 0.29) is 35.5 Å². The molecule has 0 aliphatic heterocycles. The summed E-state index contributed by atoms with van der Waals surface area (Å²) in [5, 5.41) is 0. The molecule has 6 heteroatoms. The normalized spacial score (nSPS) is 10.8. The summed E-state index contributed by atoms with van der Waals surface area (Å²) in [5.74, 6) is -0.204. The molecule has 0 rings (SSSR count). The van der Waals surface area contributed by atoms with Crippen LogP contribution in [0.1, 0.15) is 46.5 Å². The fraction of sp³-hybridized carbons (Fsp3) is 0.909. The van der Waals surface area contributed by atoms with Gasteiger partial charge in [0.15, 0.2) is 0 Å². The Kier molecular flexibility index (Phi) is 13.7. The van der Waals surface area contributed by atoms with Crippen LogP contribution in [-0.2, 0) is 18.1 Å². The summed E-state index contributed by atoms with van der Waals surface area (Å²) >= 11 is 0. The van der Waals surface area contributed by atoms with E-state index in [1.807, 2.05) is 13.8 Å². The zero-order valence-corrected chi connectivity index (χ0v) is 14.9. The van der Waals surface area contributed by atoms with E-state index >= 15 is 0 Å². The topological polar surface area (TPSA) is 44.8 Å². The fourth-order valence-electron chi connectivity index (χ4n) is 1.40. The second-order valence-corrected chi connectivity index (χ2v) is 6.17. The molecule has 0 aliphatic carbocycles. The summed E-state index contributed by atoms with van der Waals surface area (Å²) in [5.41, 5.74) is 0. The van der Waals surface area contributed by atoms with Gasteiger partial charge in [-0.05, 0) is 20.3 Å². The number of rotatable bonds is 9. The van der Waals surface area contributed by atoms with Crippen LogP contribution in [0.2, 0.25) is 6.55 Å². The molecular formula is C11H24NaO4Si. The number of carbonyl (C=O) groups excluding carboxylic acids is 1. The molecule has 0 amide bonds. The summed E-state index contributed by atoms with van der Waals surface area (Å²) in [6.07, 6.45) is 3.48. The molecular weight excluding hydrogens is 247 g/mol. The van der Waals surface area contributed by atoms with Gasteiger partial charge in [-0.25, -0.2) is 0 Å². The minimum absolute atomic E-state index is 0. The maximum absolute atomic E-state index is 11.5. The number of unbranched alkanes of at least 4 members (excludes halogenated alkanes) is 2. The summed E-state index contributed by atoms with van der Waals surface area (Å²) < 4.78 is 16.2. The van der Waals surface area contributed by atoms with Crippen LogP contribution in [0.3, 0.4) is 0 Å². The molecule has 0 fully saturated rings. The first-order valence-electron chi connectivity index (χ1n) is 6.07. The van der Waals surface area contributed by atoms with Crippen molar-refractivity contribution in [3.63, 3.8) is 0 Å². The first-order chi connectivity index (χ1) is 7.58. The van der Waals surface area contributed by atoms with Crippen molar-refractivity contribution in [2.24, 2.45) is 0 Å². The summed E-state index contributed by atoms with van der Waals surface area (Å²) in [7, 11) is -2.72. The molecule has 0 unspecified atom stereocenters. The predicted octanol–water partition coefficient (Wildman–Crippen LogP) is 2.37. The molecule has 17 heavy (non-hydrogen) atoms. The monoisotopic (exact) mass is 271 g/mol. The van der Waals surface area contributed by atoms with Gasteiger partial charge in [-0.1, -0.05) is 19.8 Å². The SMILES string of the molecule is CCCCCC(=O)O[Si](C)(OCC)OCC.[Na]. The summed E-state index contributed by atoms with van der Waals surface area (Å²) in [6.45, 7) is 8.61. The third kappa shape index (κ3) is 10.2. The predicted molar refractivity (Wildman–Crippen MR) is 70.9 cm³/mol. The zero-order chi connectivity index (χ0) is 12.4.